The first-order valence-corrected chi connectivity index (χ1v) is 5.76. The lowest BCUT2D eigenvalue weighted by Gasteiger charge is -2.25. The van der Waals surface area contributed by atoms with Gasteiger partial charge in [-0.15, -0.1) is 0 Å². The number of hydrogen-bond acceptors (Lipinski definition) is 3. The molecule has 0 saturated heterocycles. The van der Waals surface area contributed by atoms with Crippen LogP contribution in [0.25, 0.3) is 0 Å². The number of rotatable bonds is 0. The number of ketones is 1. The summed E-state index contributed by atoms with van der Waals surface area (Å²) in [5.41, 5.74) is 0.676. The molecule has 0 bridgehead atoms. The van der Waals surface area contributed by atoms with Crippen LogP contribution in [0.2, 0.25) is 0 Å². The highest BCUT2D eigenvalue weighted by Crippen LogP contribution is 2.30. The fourth-order valence-electron chi connectivity index (χ4n) is 1.87. The number of carbonyl (C=O) groups is 1. The molecule has 0 aromatic heterocycles. The van der Waals surface area contributed by atoms with Crippen molar-refractivity contribution in [3.63, 3.8) is 0 Å². The van der Waals surface area contributed by atoms with E-state index in [4.69, 9.17) is 0 Å². The molecular formula is C16H14O3. The second-order valence-corrected chi connectivity index (χ2v) is 4.32. The third-order valence-corrected chi connectivity index (χ3v) is 2.99. The molecule has 1 aromatic carbocycles. The molecule has 1 aromatic rings. The van der Waals surface area contributed by atoms with E-state index in [9.17, 15) is 15.0 Å². The van der Waals surface area contributed by atoms with Crippen molar-refractivity contribution in [1.82, 2.24) is 0 Å². The van der Waals surface area contributed by atoms with Crippen LogP contribution < -0.4 is 0 Å². The Balaban J connectivity index is 2.72. The molecule has 2 rings (SSSR count). The molecule has 2 N–H and O–H groups in total. The van der Waals surface area contributed by atoms with Crippen molar-refractivity contribution >= 4 is 5.78 Å². The SMILES string of the molecule is C=C1/C=C\C=C/C(=C)C(O)(O)c2ccccc2C1=O. The van der Waals surface area contributed by atoms with Crippen LogP contribution in [0, 0.1) is 0 Å². The molecular weight excluding hydrogens is 240 g/mol. The van der Waals surface area contributed by atoms with Gasteiger partial charge in [-0.1, -0.05) is 61.7 Å². The van der Waals surface area contributed by atoms with Crippen molar-refractivity contribution < 1.29 is 15.0 Å². The van der Waals surface area contributed by atoms with Gasteiger partial charge in [-0.25, -0.2) is 0 Å². The molecule has 0 heterocycles. The largest absolute Gasteiger partial charge is 0.358 e. The van der Waals surface area contributed by atoms with Crippen LogP contribution in [0.4, 0.5) is 0 Å². The van der Waals surface area contributed by atoms with Crippen LogP contribution in [0.5, 0.6) is 0 Å². The zero-order valence-electron chi connectivity index (χ0n) is 10.3. The van der Waals surface area contributed by atoms with Gasteiger partial charge in [0.2, 0.25) is 5.79 Å². The summed E-state index contributed by atoms with van der Waals surface area (Å²) in [6, 6.07) is 6.32. The molecule has 0 spiro atoms. The maximum atomic E-state index is 12.2. The van der Waals surface area contributed by atoms with Crippen LogP contribution in [0.1, 0.15) is 15.9 Å². The Morgan fingerprint density at radius 1 is 1.00 bits per heavy atom. The molecule has 0 saturated carbocycles. The minimum Gasteiger partial charge on any atom is -0.358 e. The third kappa shape index (κ3) is 2.34. The van der Waals surface area contributed by atoms with Crippen LogP contribution in [0.15, 0.2) is 72.9 Å². The van der Waals surface area contributed by atoms with Crippen molar-refractivity contribution in [2.45, 2.75) is 5.79 Å². The van der Waals surface area contributed by atoms with Gasteiger partial charge >= 0.3 is 0 Å². The van der Waals surface area contributed by atoms with E-state index in [0.29, 0.717) is 0 Å². The second kappa shape index (κ2) is 4.80. The van der Waals surface area contributed by atoms with Gasteiger partial charge in [0, 0.05) is 22.3 Å². The summed E-state index contributed by atoms with van der Waals surface area (Å²) in [5, 5.41) is 20.4. The number of Topliss-reactive ketones (excluding diaryl/α,β-unsaturated/α-hetero) is 1. The third-order valence-electron chi connectivity index (χ3n) is 2.99. The van der Waals surface area contributed by atoms with Crippen LogP contribution in [-0.2, 0) is 5.79 Å². The Kier molecular flexibility index (Phi) is 3.34. The first-order chi connectivity index (χ1) is 8.94. The molecule has 19 heavy (non-hydrogen) atoms. The Hall–Kier alpha value is -2.23. The van der Waals surface area contributed by atoms with Crippen molar-refractivity contribution in [2.75, 3.05) is 0 Å². The average molecular weight is 254 g/mol. The van der Waals surface area contributed by atoms with Gasteiger partial charge in [0.1, 0.15) is 0 Å². The molecule has 0 aliphatic heterocycles. The maximum Gasteiger partial charge on any atom is 0.217 e. The lowest BCUT2D eigenvalue weighted by Crippen LogP contribution is -2.29. The molecule has 0 atom stereocenters. The van der Waals surface area contributed by atoms with Gasteiger partial charge in [-0.3, -0.25) is 4.79 Å². The number of hydrogen-bond donors (Lipinski definition) is 2. The summed E-state index contributed by atoms with van der Waals surface area (Å²) >= 11 is 0. The Bertz CT molecular complexity index is 619. The molecule has 1 aliphatic carbocycles. The maximum absolute atomic E-state index is 12.2. The fourth-order valence-corrected chi connectivity index (χ4v) is 1.87. The average Bonchev–Trinajstić information content (AvgIpc) is 2.41. The predicted molar refractivity (Wildman–Crippen MR) is 73.4 cm³/mol. The lowest BCUT2D eigenvalue weighted by atomic mass is 9.89. The van der Waals surface area contributed by atoms with Crippen LogP contribution in [0.3, 0.4) is 0 Å². The first kappa shape index (κ1) is 13.2. The first-order valence-electron chi connectivity index (χ1n) is 5.76. The van der Waals surface area contributed by atoms with Crippen molar-refractivity contribution in [2.24, 2.45) is 0 Å². The van der Waals surface area contributed by atoms with E-state index in [1.165, 1.54) is 18.2 Å². The van der Waals surface area contributed by atoms with Gasteiger partial charge in [0.25, 0.3) is 0 Å². The van der Waals surface area contributed by atoms with Gasteiger partial charge in [-0.05, 0) is 0 Å². The molecule has 0 radical (unpaired) electrons. The monoisotopic (exact) mass is 254 g/mol. The van der Waals surface area contributed by atoms with E-state index in [0.717, 1.165) is 0 Å². The minimum atomic E-state index is -2.28. The van der Waals surface area contributed by atoms with Crippen molar-refractivity contribution in [3.05, 3.63) is 84.0 Å². The summed E-state index contributed by atoms with van der Waals surface area (Å²) in [5.74, 6) is -2.63. The van der Waals surface area contributed by atoms with Crippen molar-refractivity contribution in [1.29, 1.82) is 0 Å². The minimum absolute atomic E-state index is 0.0879. The van der Waals surface area contributed by atoms with E-state index >= 15 is 0 Å². The van der Waals surface area contributed by atoms with E-state index in [-0.39, 0.29) is 28.1 Å². The zero-order valence-corrected chi connectivity index (χ0v) is 10.3. The van der Waals surface area contributed by atoms with E-state index < -0.39 is 5.79 Å². The van der Waals surface area contributed by atoms with Gasteiger partial charge in [0.05, 0.1) is 0 Å². The van der Waals surface area contributed by atoms with Gasteiger partial charge in [0.15, 0.2) is 5.78 Å². The normalized spacial score (nSPS) is 21.7. The number of benzene rings is 1. The van der Waals surface area contributed by atoms with E-state index in [1.54, 1.807) is 30.4 Å². The number of carbonyl (C=O) groups excluding carboxylic acids is 1. The summed E-state index contributed by atoms with van der Waals surface area (Å²) in [4.78, 5) is 12.2. The highest BCUT2D eigenvalue weighted by molar-refractivity contribution is 6.11. The molecule has 3 nitrogen and oxygen atoms in total. The van der Waals surface area contributed by atoms with Crippen LogP contribution in [-0.4, -0.2) is 16.0 Å². The summed E-state index contributed by atoms with van der Waals surface area (Å²) in [7, 11) is 0. The number of aliphatic hydroxyl groups is 2. The molecule has 96 valence electrons. The van der Waals surface area contributed by atoms with Crippen LogP contribution >= 0.6 is 0 Å². The number of allylic oxidation sites excluding steroid dienone is 4. The van der Waals surface area contributed by atoms with E-state index in [1.807, 2.05) is 0 Å². The number of fused-ring (bicyclic) bond motifs is 1. The highest BCUT2D eigenvalue weighted by atomic mass is 16.5. The zero-order chi connectivity index (χ0) is 14.0. The van der Waals surface area contributed by atoms with Crippen molar-refractivity contribution in [3.8, 4) is 0 Å². The standard InChI is InChI=1S/C16H14O3/c1-11-7-3-4-8-12(2)16(18,19)14-10-6-5-9-13(14)15(11)17/h3-10,18-19H,1-2H2/b7-3-,8-4-. The lowest BCUT2D eigenvalue weighted by molar-refractivity contribution is -0.132. The molecule has 3 heteroatoms. The molecule has 0 unspecified atom stereocenters. The topological polar surface area (TPSA) is 57.5 Å². The molecule has 0 amide bonds. The summed E-state index contributed by atoms with van der Waals surface area (Å²) in [6.45, 7) is 7.31. The highest BCUT2D eigenvalue weighted by Gasteiger charge is 2.32. The summed E-state index contributed by atoms with van der Waals surface area (Å²) in [6.07, 6.45) is 6.24. The molecule has 0 fully saturated rings. The Morgan fingerprint density at radius 3 is 2.37 bits per heavy atom. The molecule has 1 aliphatic rings. The van der Waals surface area contributed by atoms with Gasteiger partial charge in [-0.2, -0.15) is 0 Å². The smallest absolute Gasteiger partial charge is 0.217 e. The quantitative estimate of drug-likeness (QED) is 0.551. The Morgan fingerprint density at radius 2 is 1.63 bits per heavy atom. The summed E-state index contributed by atoms with van der Waals surface area (Å²) < 4.78 is 0. The second-order valence-electron chi connectivity index (χ2n) is 4.32. The Labute approximate surface area is 111 Å². The predicted octanol–water partition coefficient (Wildman–Crippen LogP) is 2.25. The van der Waals surface area contributed by atoms with E-state index in [2.05, 4.69) is 13.2 Å². The fraction of sp³-hybridized carbons (Fsp3) is 0.0625. The van der Waals surface area contributed by atoms with Gasteiger partial charge < -0.3 is 10.2 Å².